The van der Waals surface area contributed by atoms with E-state index in [1.807, 2.05) is 0 Å². The maximum atomic E-state index is 12.8. The van der Waals surface area contributed by atoms with Crippen molar-refractivity contribution in [3.8, 4) is 5.75 Å². The second kappa shape index (κ2) is 9.35. The molecule has 3 rings (SSSR count). The van der Waals surface area contributed by atoms with Crippen LogP contribution in [0.4, 0.5) is 17.2 Å². The summed E-state index contributed by atoms with van der Waals surface area (Å²) in [4.78, 5) is 39.5. The van der Waals surface area contributed by atoms with Crippen molar-refractivity contribution in [3.63, 3.8) is 0 Å². The highest BCUT2D eigenvalue weighted by Gasteiger charge is 2.42. The Balaban J connectivity index is 1.90. The van der Waals surface area contributed by atoms with Crippen LogP contribution < -0.4 is 16.7 Å². The van der Waals surface area contributed by atoms with Gasteiger partial charge in [0, 0.05) is 20.0 Å². The molecule has 3 unspecified atom stereocenters. The van der Waals surface area contributed by atoms with E-state index in [9.17, 15) is 19.5 Å². The number of para-hydroxylation sites is 1. The van der Waals surface area contributed by atoms with Gasteiger partial charge in [0.25, 0.3) is 0 Å². The lowest BCUT2D eigenvalue weighted by Crippen LogP contribution is -2.39. The first-order chi connectivity index (χ1) is 14.7. The van der Waals surface area contributed by atoms with Gasteiger partial charge in [-0.15, -0.1) is 0 Å². The average Bonchev–Trinajstić information content (AvgIpc) is 3.07. The summed E-state index contributed by atoms with van der Waals surface area (Å²) < 4.78 is 17.6. The molecule has 0 spiro atoms. The molecule has 0 aliphatic carbocycles. The number of halogens is 1. The quantitative estimate of drug-likeness (QED) is 0.304. The van der Waals surface area contributed by atoms with E-state index in [-0.39, 0.29) is 36.2 Å². The van der Waals surface area contributed by atoms with Gasteiger partial charge in [-0.2, -0.15) is 4.98 Å². The normalized spacial score (nSPS) is 20.3. The van der Waals surface area contributed by atoms with Crippen molar-refractivity contribution < 1.29 is 28.9 Å². The number of phenols is 1. The fraction of sp³-hybridized carbons (Fsp3) is 0.368. The molecular formula is C19H21BrN4O7. The Labute approximate surface area is 185 Å². The number of aromatic hydroxyl groups is 1. The molecule has 1 aliphatic rings. The molecule has 2 heterocycles. The van der Waals surface area contributed by atoms with Crippen molar-refractivity contribution in [3.05, 3.63) is 39.4 Å². The van der Waals surface area contributed by atoms with Gasteiger partial charge in [0.1, 0.15) is 30.2 Å². The zero-order valence-corrected chi connectivity index (χ0v) is 18.3. The number of nitrogens with one attached hydrogen (secondary N) is 1. The zero-order valence-electron chi connectivity index (χ0n) is 16.7. The Morgan fingerprint density at radius 1 is 1.39 bits per heavy atom. The van der Waals surface area contributed by atoms with Gasteiger partial charge in [-0.3, -0.25) is 14.2 Å². The van der Waals surface area contributed by atoms with E-state index in [4.69, 9.17) is 19.9 Å². The van der Waals surface area contributed by atoms with E-state index in [1.165, 1.54) is 30.7 Å². The van der Waals surface area contributed by atoms with Crippen molar-refractivity contribution in [2.45, 2.75) is 32.1 Å². The molecule has 0 amide bonds. The number of nitrogens with two attached hydrogens (primary N) is 1. The van der Waals surface area contributed by atoms with E-state index in [2.05, 4.69) is 26.2 Å². The van der Waals surface area contributed by atoms with Gasteiger partial charge < -0.3 is 30.4 Å². The lowest BCUT2D eigenvalue weighted by Gasteiger charge is -2.24. The fourth-order valence-corrected chi connectivity index (χ4v) is 3.58. The van der Waals surface area contributed by atoms with Gasteiger partial charge in [0.05, 0.1) is 16.8 Å². The first-order valence-corrected chi connectivity index (χ1v) is 10.0. The van der Waals surface area contributed by atoms with E-state index in [0.29, 0.717) is 4.47 Å². The van der Waals surface area contributed by atoms with Crippen molar-refractivity contribution in [1.82, 2.24) is 9.55 Å². The molecular weight excluding hydrogens is 476 g/mol. The predicted octanol–water partition coefficient (Wildman–Crippen LogP) is 1.47. The van der Waals surface area contributed by atoms with Gasteiger partial charge in [-0.1, -0.05) is 6.07 Å². The zero-order chi connectivity index (χ0) is 22.7. The molecule has 4 N–H and O–H groups in total. The maximum Gasteiger partial charge on any atom is 0.350 e. The number of rotatable bonds is 6. The highest BCUT2D eigenvalue weighted by atomic mass is 79.9. The molecule has 1 aromatic heterocycles. The van der Waals surface area contributed by atoms with E-state index in [1.54, 1.807) is 12.1 Å². The Bertz CT molecular complexity index is 1040. The van der Waals surface area contributed by atoms with Gasteiger partial charge in [0.15, 0.2) is 11.9 Å². The number of hydrogen-bond donors (Lipinski definition) is 3. The van der Waals surface area contributed by atoms with Crippen LogP contribution in [0.5, 0.6) is 5.75 Å². The van der Waals surface area contributed by atoms with Crippen molar-refractivity contribution in [2.75, 3.05) is 24.3 Å². The SMILES string of the molecule is CC(=O)OCC1OCC(n2cc(Br)c(Nc3c(N)cccc3O)nc2=O)C1OC(C)=O. The molecule has 1 aromatic carbocycles. The van der Waals surface area contributed by atoms with Crippen LogP contribution >= 0.6 is 15.9 Å². The number of nitrogens with zero attached hydrogens (tertiary/aromatic N) is 2. The lowest BCUT2D eigenvalue weighted by molar-refractivity contribution is -0.155. The Hall–Kier alpha value is -3.12. The molecule has 0 saturated carbocycles. The molecule has 11 nitrogen and oxygen atoms in total. The molecule has 166 valence electrons. The number of anilines is 3. The summed E-state index contributed by atoms with van der Waals surface area (Å²) in [5.41, 5.74) is 5.69. The summed E-state index contributed by atoms with van der Waals surface area (Å²) in [5.74, 6) is -1.05. The van der Waals surface area contributed by atoms with Crippen LogP contribution in [-0.2, 0) is 23.8 Å². The van der Waals surface area contributed by atoms with Crippen LogP contribution in [0.25, 0.3) is 0 Å². The van der Waals surface area contributed by atoms with Crippen LogP contribution in [0.1, 0.15) is 19.9 Å². The number of phenolic OH excluding ortho intramolecular Hbond substituents is 1. The van der Waals surface area contributed by atoms with Crippen molar-refractivity contribution >= 4 is 45.1 Å². The van der Waals surface area contributed by atoms with Gasteiger partial charge in [-0.25, -0.2) is 4.79 Å². The van der Waals surface area contributed by atoms with Gasteiger partial charge in [-0.05, 0) is 28.1 Å². The van der Waals surface area contributed by atoms with Crippen LogP contribution in [-0.4, -0.2) is 52.0 Å². The van der Waals surface area contributed by atoms with Gasteiger partial charge in [0.2, 0.25) is 0 Å². The van der Waals surface area contributed by atoms with Crippen molar-refractivity contribution in [2.24, 2.45) is 0 Å². The third-order valence-corrected chi connectivity index (χ3v) is 5.14. The summed E-state index contributed by atoms with van der Waals surface area (Å²) in [7, 11) is 0. The third-order valence-electron chi connectivity index (χ3n) is 4.56. The van der Waals surface area contributed by atoms with Crippen LogP contribution in [0, 0.1) is 0 Å². The molecule has 31 heavy (non-hydrogen) atoms. The molecule has 0 bridgehead atoms. The summed E-state index contributed by atoms with van der Waals surface area (Å²) in [6, 6.07) is 3.92. The Morgan fingerprint density at radius 3 is 2.77 bits per heavy atom. The smallest absolute Gasteiger partial charge is 0.350 e. The largest absolute Gasteiger partial charge is 0.506 e. The standard InChI is InChI=1S/C19H21BrN4O7/c1-9(25)29-8-15-17(31-10(2)26)13(7-30-15)24-6-11(20)18(23-19(24)28)22-16-12(21)4-3-5-14(16)27/h3-6,13,15,17,27H,7-8,21H2,1-2H3,(H,22,23,28). The predicted molar refractivity (Wildman–Crippen MR) is 113 cm³/mol. The number of hydrogen-bond acceptors (Lipinski definition) is 10. The number of carbonyl (C=O) groups excluding carboxylic acids is 2. The van der Waals surface area contributed by atoms with E-state index in [0.717, 1.165) is 0 Å². The first-order valence-electron chi connectivity index (χ1n) is 9.22. The third kappa shape index (κ3) is 5.14. The second-order valence-electron chi connectivity index (χ2n) is 6.81. The van der Waals surface area contributed by atoms with Gasteiger partial charge >= 0.3 is 17.6 Å². The average molecular weight is 497 g/mol. The molecule has 2 aromatic rings. The summed E-state index contributed by atoms with van der Waals surface area (Å²) in [5, 5.41) is 12.8. The van der Waals surface area contributed by atoms with E-state index < -0.39 is 35.9 Å². The number of aromatic nitrogens is 2. The molecule has 1 fully saturated rings. The lowest BCUT2D eigenvalue weighted by atomic mass is 10.1. The van der Waals surface area contributed by atoms with Crippen molar-refractivity contribution in [1.29, 1.82) is 0 Å². The highest BCUT2D eigenvalue weighted by Crippen LogP contribution is 2.34. The van der Waals surface area contributed by atoms with E-state index >= 15 is 0 Å². The molecule has 1 saturated heterocycles. The molecule has 1 aliphatic heterocycles. The fourth-order valence-electron chi connectivity index (χ4n) is 3.17. The number of nitrogen functional groups attached to an aromatic ring is 1. The molecule has 3 atom stereocenters. The topological polar surface area (TPSA) is 155 Å². The molecule has 12 heteroatoms. The number of benzene rings is 1. The number of ether oxygens (including phenoxy) is 3. The summed E-state index contributed by atoms with van der Waals surface area (Å²) in [6.07, 6.45) is -0.134. The monoisotopic (exact) mass is 496 g/mol. The van der Waals surface area contributed by atoms with Crippen LogP contribution in [0.2, 0.25) is 0 Å². The highest BCUT2D eigenvalue weighted by molar-refractivity contribution is 9.10. The summed E-state index contributed by atoms with van der Waals surface area (Å²) >= 11 is 3.35. The minimum Gasteiger partial charge on any atom is -0.506 e. The minimum atomic E-state index is -0.865. The van der Waals surface area contributed by atoms with Crippen LogP contribution in [0.3, 0.4) is 0 Å². The Morgan fingerprint density at radius 2 is 2.13 bits per heavy atom. The first kappa shape index (κ1) is 22.6. The number of esters is 2. The number of carbonyl (C=O) groups is 2. The van der Waals surface area contributed by atoms with Crippen LogP contribution in [0.15, 0.2) is 33.7 Å². The maximum absolute atomic E-state index is 12.8. The minimum absolute atomic E-state index is 0.0388. The molecule has 0 radical (unpaired) electrons. The Kier molecular flexibility index (Phi) is 6.81. The summed E-state index contributed by atoms with van der Waals surface area (Å²) in [6.45, 7) is 2.40. The second-order valence-corrected chi connectivity index (χ2v) is 7.66.